The highest BCUT2D eigenvalue weighted by molar-refractivity contribution is 9.10. The van der Waals surface area contributed by atoms with Crippen LogP contribution < -0.4 is 10.5 Å². The standard InChI is InChI=1S/C10H10Br2N4O/c11-7-2-1-3-8(6-7)17-5-4-16-9(12)14-10(13)15-16/h1-3,6H,4-5H2,(H2,13,15). The molecule has 90 valence electrons. The molecule has 1 aromatic heterocycles. The van der Waals surface area contributed by atoms with E-state index in [9.17, 15) is 0 Å². The third kappa shape index (κ3) is 3.44. The quantitative estimate of drug-likeness (QED) is 0.908. The van der Waals surface area contributed by atoms with Crippen LogP contribution in [0.4, 0.5) is 5.95 Å². The second-order valence-corrected chi connectivity index (χ2v) is 4.89. The van der Waals surface area contributed by atoms with E-state index >= 15 is 0 Å². The number of hydrogen-bond acceptors (Lipinski definition) is 4. The number of ether oxygens (including phenoxy) is 1. The molecule has 0 aliphatic rings. The number of halogens is 2. The highest BCUT2D eigenvalue weighted by Crippen LogP contribution is 2.17. The topological polar surface area (TPSA) is 66.0 Å². The van der Waals surface area contributed by atoms with Crippen molar-refractivity contribution in [2.75, 3.05) is 12.3 Å². The lowest BCUT2D eigenvalue weighted by Gasteiger charge is -2.06. The molecule has 0 spiro atoms. The summed E-state index contributed by atoms with van der Waals surface area (Å²) >= 11 is 6.64. The fraction of sp³-hybridized carbons (Fsp3) is 0.200. The third-order valence-electron chi connectivity index (χ3n) is 2.01. The largest absolute Gasteiger partial charge is 0.492 e. The van der Waals surface area contributed by atoms with Gasteiger partial charge in [-0.1, -0.05) is 22.0 Å². The molecule has 0 amide bonds. The summed E-state index contributed by atoms with van der Waals surface area (Å²) in [7, 11) is 0. The molecule has 7 heteroatoms. The molecule has 0 aliphatic carbocycles. The zero-order valence-corrected chi connectivity index (χ0v) is 12.0. The summed E-state index contributed by atoms with van der Waals surface area (Å²) in [4.78, 5) is 3.93. The first-order chi connectivity index (χ1) is 8.15. The maximum absolute atomic E-state index is 5.57. The van der Waals surface area contributed by atoms with Gasteiger partial charge in [-0.05, 0) is 34.1 Å². The number of aromatic nitrogens is 3. The maximum Gasteiger partial charge on any atom is 0.240 e. The van der Waals surface area contributed by atoms with Crippen LogP contribution in [-0.4, -0.2) is 21.4 Å². The third-order valence-corrected chi connectivity index (χ3v) is 3.09. The monoisotopic (exact) mass is 360 g/mol. The van der Waals surface area contributed by atoms with Gasteiger partial charge in [0.2, 0.25) is 5.95 Å². The summed E-state index contributed by atoms with van der Waals surface area (Å²) in [6.07, 6.45) is 0. The van der Waals surface area contributed by atoms with Crippen LogP contribution in [0, 0.1) is 0 Å². The smallest absolute Gasteiger partial charge is 0.240 e. The summed E-state index contributed by atoms with van der Waals surface area (Å²) in [6, 6.07) is 7.67. The van der Waals surface area contributed by atoms with E-state index < -0.39 is 0 Å². The first kappa shape index (κ1) is 12.4. The van der Waals surface area contributed by atoms with Crippen LogP contribution in [0.25, 0.3) is 0 Å². The molecule has 0 bridgehead atoms. The van der Waals surface area contributed by atoms with Crippen LogP contribution in [0.5, 0.6) is 5.75 Å². The lowest BCUT2D eigenvalue weighted by molar-refractivity contribution is 0.289. The van der Waals surface area contributed by atoms with Crippen molar-refractivity contribution in [3.05, 3.63) is 33.5 Å². The second kappa shape index (κ2) is 5.50. The SMILES string of the molecule is Nc1nc(Br)n(CCOc2cccc(Br)c2)n1. The Morgan fingerprint density at radius 3 is 2.82 bits per heavy atom. The molecule has 1 heterocycles. The van der Waals surface area contributed by atoms with Crippen LogP contribution in [0.15, 0.2) is 33.5 Å². The van der Waals surface area contributed by atoms with Crippen molar-refractivity contribution in [1.82, 2.24) is 14.8 Å². The van der Waals surface area contributed by atoms with Crippen LogP contribution in [0.1, 0.15) is 0 Å². The summed E-state index contributed by atoms with van der Waals surface area (Å²) in [5.74, 6) is 1.06. The highest BCUT2D eigenvalue weighted by atomic mass is 79.9. The van der Waals surface area contributed by atoms with Crippen LogP contribution in [0.3, 0.4) is 0 Å². The van der Waals surface area contributed by atoms with Gasteiger partial charge >= 0.3 is 0 Å². The minimum atomic E-state index is 0.249. The Kier molecular flexibility index (Phi) is 4.01. The Bertz CT molecular complexity index is 515. The Hall–Kier alpha value is -1.08. The Balaban J connectivity index is 1.89. The summed E-state index contributed by atoms with van der Waals surface area (Å²) < 4.78 is 8.81. The maximum atomic E-state index is 5.57. The fourth-order valence-electron chi connectivity index (χ4n) is 1.29. The molecular weight excluding hydrogens is 352 g/mol. The average molecular weight is 362 g/mol. The second-order valence-electron chi connectivity index (χ2n) is 3.27. The molecule has 2 aromatic rings. The first-order valence-corrected chi connectivity index (χ1v) is 6.48. The van der Waals surface area contributed by atoms with Gasteiger partial charge < -0.3 is 10.5 Å². The molecule has 0 saturated heterocycles. The van der Waals surface area contributed by atoms with Crippen LogP contribution >= 0.6 is 31.9 Å². The average Bonchev–Trinajstić information content (AvgIpc) is 2.58. The van der Waals surface area contributed by atoms with E-state index in [1.165, 1.54) is 0 Å². The molecule has 2 rings (SSSR count). The van der Waals surface area contributed by atoms with Gasteiger partial charge in [-0.3, -0.25) is 0 Å². The molecule has 0 radical (unpaired) electrons. The Morgan fingerprint density at radius 2 is 2.18 bits per heavy atom. The molecule has 0 atom stereocenters. The first-order valence-electron chi connectivity index (χ1n) is 4.89. The van der Waals surface area contributed by atoms with E-state index in [1.54, 1.807) is 4.68 Å². The number of hydrogen-bond donors (Lipinski definition) is 1. The Morgan fingerprint density at radius 1 is 1.35 bits per heavy atom. The predicted molar refractivity (Wildman–Crippen MR) is 71.8 cm³/mol. The van der Waals surface area contributed by atoms with Gasteiger partial charge in [0, 0.05) is 4.47 Å². The van der Waals surface area contributed by atoms with Crippen molar-refractivity contribution in [3.63, 3.8) is 0 Å². The molecular formula is C10H10Br2N4O. The van der Waals surface area contributed by atoms with E-state index in [0.29, 0.717) is 17.9 Å². The van der Waals surface area contributed by atoms with Crippen LogP contribution in [-0.2, 0) is 6.54 Å². The van der Waals surface area contributed by atoms with Crippen LogP contribution in [0.2, 0.25) is 0 Å². The lowest BCUT2D eigenvalue weighted by Crippen LogP contribution is -2.10. The zero-order chi connectivity index (χ0) is 12.3. The van der Waals surface area contributed by atoms with Crippen molar-refractivity contribution in [3.8, 4) is 5.75 Å². The molecule has 1 aromatic carbocycles. The van der Waals surface area contributed by atoms with Crippen molar-refractivity contribution in [2.24, 2.45) is 0 Å². The van der Waals surface area contributed by atoms with Crippen molar-refractivity contribution in [2.45, 2.75) is 6.54 Å². The van der Waals surface area contributed by atoms with Gasteiger partial charge in [0.15, 0.2) is 4.73 Å². The van der Waals surface area contributed by atoms with E-state index in [1.807, 2.05) is 24.3 Å². The minimum Gasteiger partial charge on any atom is -0.492 e. The van der Waals surface area contributed by atoms with Crippen molar-refractivity contribution < 1.29 is 4.74 Å². The molecule has 17 heavy (non-hydrogen) atoms. The summed E-state index contributed by atoms with van der Waals surface area (Å²) in [6.45, 7) is 1.08. The fourth-order valence-corrected chi connectivity index (χ4v) is 2.11. The van der Waals surface area contributed by atoms with Crippen molar-refractivity contribution in [1.29, 1.82) is 0 Å². The lowest BCUT2D eigenvalue weighted by atomic mass is 10.3. The molecule has 5 nitrogen and oxygen atoms in total. The van der Waals surface area contributed by atoms with E-state index in [-0.39, 0.29) is 5.95 Å². The van der Waals surface area contributed by atoms with E-state index in [0.717, 1.165) is 10.2 Å². The van der Waals surface area contributed by atoms with Crippen molar-refractivity contribution >= 4 is 37.8 Å². The van der Waals surface area contributed by atoms with E-state index in [2.05, 4.69) is 41.9 Å². The van der Waals surface area contributed by atoms with Gasteiger partial charge in [0.05, 0.1) is 6.54 Å². The Labute approximate surface area is 115 Å². The molecule has 0 fully saturated rings. The predicted octanol–water partition coefficient (Wildman–Crippen LogP) is 2.46. The molecule has 0 saturated carbocycles. The number of nitrogens with two attached hydrogens (primary N) is 1. The molecule has 0 unspecified atom stereocenters. The molecule has 2 N–H and O–H groups in total. The number of anilines is 1. The minimum absolute atomic E-state index is 0.249. The number of nitrogen functional groups attached to an aromatic ring is 1. The van der Waals surface area contributed by atoms with E-state index in [4.69, 9.17) is 10.5 Å². The number of rotatable bonds is 4. The summed E-state index contributed by atoms with van der Waals surface area (Å²) in [5, 5.41) is 4.01. The normalized spacial score (nSPS) is 10.5. The van der Waals surface area contributed by atoms with Gasteiger partial charge in [0.1, 0.15) is 12.4 Å². The highest BCUT2D eigenvalue weighted by Gasteiger charge is 2.04. The molecule has 0 aliphatic heterocycles. The van der Waals surface area contributed by atoms with Gasteiger partial charge in [-0.15, -0.1) is 5.10 Å². The number of nitrogens with zero attached hydrogens (tertiary/aromatic N) is 3. The summed E-state index contributed by atoms with van der Waals surface area (Å²) in [5.41, 5.74) is 5.46. The van der Waals surface area contributed by atoms with Gasteiger partial charge in [-0.2, -0.15) is 4.98 Å². The number of benzene rings is 1. The van der Waals surface area contributed by atoms with Gasteiger partial charge in [0.25, 0.3) is 0 Å². The zero-order valence-electron chi connectivity index (χ0n) is 8.81. The van der Waals surface area contributed by atoms with Gasteiger partial charge in [-0.25, -0.2) is 4.68 Å².